The highest BCUT2D eigenvalue weighted by Gasteiger charge is 2.14. The van der Waals surface area contributed by atoms with E-state index in [1.165, 1.54) is 16.3 Å². The highest BCUT2D eigenvalue weighted by molar-refractivity contribution is 7.98. The van der Waals surface area contributed by atoms with Crippen LogP contribution in [-0.4, -0.2) is 29.8 Å². The molecule has 0 radical (unpaired) electrons. The lowest BCUT2D eigenvalue weighted by Gasteiger charge is -2.10. The standard InChI is InChI=1S/C18H12ClN7OS/c19-12-5-7-13(8-6-12)26-18(22-23-24-26)28-11-16-21-15-4-2-1-3-14(15)17(27)25(16)10-9-20/h1-8H,10-11H2. The van der Waals surface area contributed by atoms with E-state index in [2.05, 4.69) is 20.5 Å². The average Bonchev–Trinajstić information content (AvgIpc) is 3.18. The van der Waals surface area contributed by atoms with Crippen LogP contribution in [0.4, 0.5) is 0 Å². The van der Waals surface area contributed by atoms with Gasteiger partial charge in [0.1, 0.15) is 12.4 Å². The van der Waals surface area contributed by atoms with E-state index in [1.54, 1.807) is 35.0 Å². The summed E-state index contributed by atoms with van der Waals surface area (Å²) >= 11 is 7.26. The zero-order chi connectivity index (χ0) is 19.5. The number of nitrogens with zero attached hydrogens (tertiary/aromatic N) is 7. The normalized spacial score (nSPS) is 10.9. The molecule has 0 saturated heterocycles. The first-order chi connectivity index (χ1) is 13.7. The number of halogens is 1. The molecule has 0 aliphatic heterocycles. The molecule has 138 valence electrons. The van der Waals surface area contributed by atoms with E-state index in [9.17, 15) is 4.79 Å². The van der Waals surface area contributed by atoms with Crippen molar-refractivity contribution in [2.24, 2.45) is 0 Å². The lowest BCUT2D eigenvalue weighted by molar-refractivity contribution is 0.727. The van der Waals surface area contributed by atoms with Gasteiger partial charge in [-0.25, -0.2) is 4.98 Å². The summed E-state index contributed by atoms with van der Waals surface area (Å²) < 4.78 is 2.96. The molecule has 28 heavy (non-hydrogen) atoms. The molecule has 0 aliphatic carbocycles. The van der Waals surface area contributed by atoms with E-state index in [-0.39, 0.29) is 12.1 Å². The molecule has 0 saturated carbocycles. The Morgan fingerprint density at radius 1 is 1.14 bits per heavy atom. The fourth-order valence-electron chi connectivity index (χ4n) is 2.70. The largest absolute Gasteiger partial charge is 0.281 e. The van der Waals surface area contributed by atoms with Gasteiger partial charge in [-0.2, -0.15) is 9.94 Å². The van der Waals surface area contributed by atoms with Gasteiger partial charge in [0.2, 0.25) is 5.16 Å². The van der Waals surface area contributed by atoms with Gasteiger partial charge in [-0.05, 0) is 46.8 Å². The number of aromatic nitrogens is 6. The number of thioether (sulfide) groups is 1. The molecule has 0 bridgehead atoms. The molecule has 0 spiro atoms. The Kier molecular flexibility index (Phi) is 5.06. The molecule has 0 fully saturated rings. The lowest BCUT2D eigenvalue weighted by Crippen LogP contribution is -2.24. The molecule has 2 aromatic carbocycles. The molecule has 10 heteroatoms. The first-order valence-corrected chi connectivity index (χ1v) is 9.56. The maximum Gasteiger partial charge on any atom is 0.262 e. The predicted octanol–water partition coefficient (Wildman–Crippen LogP) is 2.84. The second-order valence-corrected chi connectivity index (χ2v) is 7.11. The van der Waals surface area contributed by atoms with E-state index < -0.39 is 0 Å². The van der Waals surface area contributed by atoms with Crippen molar-refractivity contribution in [3.63, 3.8) is 0 Å². The number of fused-ring (bicyclic) bond motifs is 1. The van der Waals surface area contributed by atoms with Crippen LogP contribution < -0.4 is 5.56 Å². The van der Waals surface area contributed by atoms with Gasteiger partial charge in [0.15, 0.2) is 0 Å². The number of rotatable bonds is 5. The molecule has 0 atom stereocenters. The Morgan fingerprint density at radius 3 is 2.71 bits per heavy atom. The van der Waals surface area contributed by atoms with Gasteiger partial charge in [0, 0.05) is 5.02 Å². The van der Waals surface area contributed by atoms with Gasteiger partial charge >= 0.3 is 0 Å². The number of hydrogen-bond acceptors (Lipinski definition) is 7. The third-order valence-corrected chi connectivity index (χ3v) is 5.18. The van der Waals surface area contributed by atoms with E-state index in [0.29, 0.717) is 32.7 Å². The molecule has 2 heterocycles. The number of para-hydroxylation sites is 1. The lowest BCUT2D eigenvalue weighted by atomic mass is 10.2. The van der Waals surface area contributed by atoms with Gasteiger partial charge in [-0.1, -0.05) is 35.5 Å². The molecule has 0 N–H and O–H groups in total. The molecule has 8 nitrogen and oxygen atoms in total. The molecular weight excluding hydrogens is 398 g/mol. The van der Waals surface area contributed by atoms with Crippen LogP contribution in [-0.2, 0) is 12.3 Å². The summed E-state index contributed by atoms with van der Waals surface area (Å²) in [5, 5.41) is 22.5. The molecule has 4 rings (SSSR count). The zero-order valence-electron chi connectivity index (χ0n) is 14.4. The van der Waals surface area contributed by atoms with Crippen molar-refractivity contribution >= 4 is 34.3 Å². The van der Waals surface area contributed by atoms with Crippen LogP contribution in [0.15, 0.2) is 58.5 Å². The quantitative estimate of drug-likeness (QED) is 0.467. The Bertz CT molecular complexity index is 1240. The van der Waals surface area contributed by atoms with Crippen molar-refractivity contribution in [1.29, 1.82) is 5.26 Å². The van der Waals surface area contributed by atoms with Crippen LogP contribution in [0, 0.1) is 11.3 Å². The second kappa shape index (κ2) is 7.80. The Morgan fingerprint density at radius 2 is 1.93 bits per heavy atom. The van der Waals surface area contributed by atoms with Crippen LogP contribution in [0.2, 0.25) is 5.02 Å². The number of nitriles is 1. The van der Waals surface area contributed by atoms with Crippen molar-refractivity contribution in [2.75, 3.05) is 0 Å². The van der Waals surface area contributed by atoms with Gasteiger partial charge < -0.3 is 0 Å². The molecule has 4 aromatic rings. The van der Waals surface area contributed by atoms with Gasteiger partial charge in [0.25, 0.3) is 5.56 Å². The Labute approximate surface area is 168 Å². The van der Waals surface area contributed by atoms with Crippen molar-refractivity contribution < 1.29 is 0 Å². The maximum absolute atomic E-state index is 12.7. The van der Waals surface area contributed by atoms with E-state index in [1.807, 2.05) is 24.3 Å². The summed E-state index contributed by atoms with van der Waals surface area (Å²) in [5.41, 5.74) is 1.12. The van der Waals surface area contributed by atoms with E-state index in [0.717, 1.165) is 5.69 Å². The summed E-state index contributed by atoms with van der Waals surface area (Å²) in [5.74, 6) is 0.816. The second-order valence-electron chi connectivity index (χ2n) is 5.73. The van der Waals surface area contributed by atoms with Crippen LogP contribution in [0.1, 0.15) is 5.82 Å². The van der Waals surface area contributed by atoms with Gasteiger partial charge in [-0.15, -0.1) is 5.10 Å². The van der Waals surface area contributed by atoms with Gasteiger partial charge in [-0.3, -0.25) is 9.36 Å². The minimum Gasteiger partial charge on any atom is -0.281 e. The van der Waals surface area contributed by atoms with Gasteiger partial charge in [0.05, 0.1) is 28.4 Å². The summed E-state index contributed by atoms with van der Waals surface area (Å²) in [6.45, 7) is -0.0747. The van der Waals surface area contributed by atoms with Crippen molar-refractivity contribution in [2.45, 2.75) is 17.5 Å². The van der Waals surface area contributed by atoms with E-state index >= 15 is 0 Å². The average molecular weight is 410 g/mol. The summed E-state index contributed by atoms with van der Waals surface area (Å²) in [6.07, 6.45) is 0. The molecule has 2 aromatic heterocycles. The smallest absolute Gasteiger partial charge is 0.262 e. The molecule has 0 amide bonds. The molecular formula is C18H12ClN7OS. The summed E-state index contributed by atoms with van der Waals surface area (Å²) in [7, 11) is 0. The highest BCUT2D eigenvalue weighted by atomic mass is 35.5. The number of tetrazole rings is 1. The minimum atomic E-state index is -0.236. The summed E-state index contributed by atoms with van der Waals surface area (Å²) in [6, 6.07) is 16.2. The first kappa shape index (κ1) is 18.2. The predicted molar refractivity (Wildman–Crippen MR) is 105 cm³/mol. The molecule has 0 unspecified atom stereocenters. The van der Waals surface area contributed by atoms with Crippen LogP contribution in [0.25, 0.3) is 16.6 Å². The fourth-order valence-corrected chi connectivity index (χ4v) is 3.66. The van der Waals surface area contributed by atoms with Crippen LogP contribution in [0.5, 0.6) is 0 Å². The third-order valence-electron chi connectivity index (χ3n) is 4.01. The topological polar surface area (TPSA) is 102 Å². The first-order valence-electron chi connectivity index (χ1n) is 8.20. The zero-order valence-corrected chi connectivity index (χ0v) is 15.9. The number of hydrogen-bond donors (Lipinski definition) is 0. The van der Waals surface area contributed by atoms with Crippen LogP contribution >= 0.6 is 23.4 Å². The monoisotopic (exact) mass is 409 g/mol. The SMILES string of the molecule is N#CCn1c(CSc2nnnn2-c2ccc(Cl)cc2)nc2ccccc2c1=O. The van der Waals surface area contributed by atoms with Crippen LogP contribution in [0.3, 0.4) is 0 Å². The Balaban J connectivity index is 1.68. The van der Waals surface area contributed by atoms with Crippen molar-refractivity contribution in [1.82, 2.24) is 29.8 Å². The van der Waals surface area contributed by atoms with E-state index in [4.69, 9.17) is 16.9 Å². The maximum atomic E-state index is 12.7. The fraction of sp³-hybridized carbons (Fsp3) is 0.111. The molecule has 0 aliphatic rings. The summed E-state index contributed by atoms with van der Waals surface area (Å²) in [4.78, 5) is 17.3. The Hall–Kier alpha value is -3.22. The van der Waals surface area contributed by atoms with Crippen molar-refractivity contribution in [3.05, 3.63) is 69.7 Å². The highest BCUT2D eigenvalue weighted by Crippen LogP contribution is 2.23. The third kappa shape index (κ3) is 3.47. The number of benzene rings is 2. The minimum absolute atomic E-state index is 0.0747. The van der Waals surface area contributed by atoms with Crippen molar-refractivity contribution in [3.8, 4) is 11.8 Å².